The lowest BCUT2D eigenvalue weighted by atomic mass is 10.2. The highest BCUT2D eigenvalue weighted by atomic mass is 32.2. The standard InChI is InChI=1S/C20H24FN3O4S2/c21-19-5-1-2-6-20(19)22-13-15-24(16-14-22)30(27,28)18-9-7-17(8-10-18)29(25,26)23-11-3-4-12-23/h1-2,5-10H,3-4,11-16H2. The Labute approximate surface area is 176 Å². The van der Waals surface area contributed by atoms with Gasteiger partial charge in [-0.15, -0.1) is 0 Å². The maximum absolute atomic E-state index is 14.0. The summed E-state index contributed by atoms with van der Waals surface area (Å²) in [5, 5.41) is 0. The Bertz CT molecular complexity index is 1110. The molecule has 4 rings (SSSR count). The molecule has 0 unspecified atom stereocenters. The van der Waals surface area contributed by atoms with E-state index in [4.69, 9.17) is 0 Å². The van der Waals surface area contributed by atoms with E-state index in [1.807, 2.05) is 4.90 Å². The molecular formula is C20H24FN3O4S2. The van der Waals surface area contributed by atoms with Crippen molar-refractivity contribution in [1.29, 1.82) is 0 Å². The van der Waals surface area contributed by atoms with Crippen LogP contribution in [0.4, 0.5) is 10.1 Å². The van der Waals surface area contributed by atoms with E-state index < -0.39 is 20.0 Å². The molecule has 0 bridgehead atoms. The van der Waals surface area contributed by atoms with Crippen LogP contribution in [0.15, 0.2) is 58.3 Å². The molecule has 0 radical (unpaired) electrons. The first-order valence-electron chi connectivity index (χ1n) is 9.90. The van der Waals surface area contributed by atoms with Crippen molar-refractivity contribution in [3.8, 4) is 0 Å². The molecule has 2 aliphatic heterocycles. The smallest absolute Gasteiger partial charge is 0.243 e. The fourth-order valence-corrected chi connectivity index (χ4v) is 6.83. The molecule has 0 aromatic heterocycles. The maximum Gasteiger partial charge on any atom is 0.243 e. The molecule has 0 spiro atoms. The molecular weight excluding hydrogens is 429 g/mol. The van der Waals surface area contributed by atoms with Gasteiger partial charge in [-0.1, -0.05) is 12.1 Å². The normalized spacial score (nSPS) is 19.3. The van der Waals surface area contributed by atoms with E-state index in [9.17, 15) is 21.2 Å². The van der Waals surface area contributed by atoms with Crippen molar-refractivity contribution >= 4 is 25.7 Å². The van der Waals surface area contributed by atoms with Gasteiger partial charge in [0.15, 0.2) is 0 Å². The summed E-state index contributed by atoms with van der Waals surface area (Å²) < 4.78 is 68.0. The molecule has 2 aromatic carbocycles. The third-order valence-electron chi connectivity index (χ3n) is 5.60. The van der Waals surface area contributed by atoms with Crippen LogP contribution in [0.2, 0.25) is 0 Å². The minimum atomic E-state index is -3.75. The molecule has 2 aliphatic rings. The summed E-state index contributed by atoms with van der Waals surface area (Å²) in [4.78, 5) is 1.99. The van der Waals surface area contributed by atoms with E-state index in [1.54, 1.807) is 18.2 Å². The third kappa shape index (κ3) is 3.96. The molecule has 0 saturated carbocycles. The van der Waals surface area contributed by atoms with Gasteiger partial charge in [-0.3, -0.25) is 0 Å². The lowest BCUT2D eigenvalue weighted by molar-refractivity contribution is 0.383. The van der Waals surface area contributed by atoms with E-state index in [-0.39, 0.29) is 28.7 Å². The Balaban J connectivity index is 1.47. The molecule has 2 aromatic rings. The van der Waals surface area contributed by atoms with Gasteiger partial charge in [-0.25, -0.2) is 21.2 Å². The fourth-order valence-electron chi connectivity index (χ4n) is 3.89. The molecule has 0 N–H and O–H groups in total. The lowest BCUT2D eigenvalue weighted by Crippen LogP contribution is -2.48. The lowest BCUT2D eigenvalue weighted by Gasteiger charge is -2.35. The highest BCUT2D eigenvalue weighted by Crippen LogP contribution is 2.25. The van der Waals surface area contributed by atoms with Crippen molar-refractivity contribution in [3.63, 3.8) is 0 Å². The molecule has 2 fully saturated rings. The molecule has 0 amide bonds. The number of sulfonamides is 2. The van der Waals surface area contributed by atoms with Crippen LogP contribution in [0.5, 0.6) is 0 Å². The van der Waals surface area contributed by atoms with Gasteiger partial charge in [0.1, 0.15) is 5.82 Å². The molecule has 7 nitrogen and oxygen atoms in total. The predicted octanol–water partition coefficient (Wildman–Crippen LogP) is 2.12. The van der Waals surface area contributed by atoms with Gasteiger partial charge in [-0.05, 0) is 49.2 Å². The predicted molar refractivity (Wildman–Crippen MR) is 112 cm³/mol. The van der Waals surface area contributed by atoms with Crippen LogP contribution in [0, 0.1) is 5.82 Å². The second kappa shape index (κ2) is 8.26. The molecule has 2 heterocycles. The zero-order valence-electron chi connectivity index (χ0n) is 16.4. The van der Waals surface area contributed by atoms with Crippen LogP contribution in [-0.4, -0.2) is 64.7 Å². The number of para-hydroxylation sites is 1. The Hall–Kier alpha value is -2.01. The highest BCUT2D eigenvalue weighted by molar-refractivity contribution is 7.89. The minimum Gasteiger partial charge on any atom is -0.367 e. The summed E-state index contributed by atoms with van der Waals surface area (Å²) in [6.07, 6.45) is 1.68. The van der Waals surface area contributed by atoms with Crippen LogP contribution in [0.25, 0.3) is 0 Å². The van der Waals surface area contributed by atoms with E-state index in [0.717, 1.165) is 12.8 Å². The van der Waals surface area contributed by atoms with Gasteiger partial charge < -0.3 is 4.90 Å². The molecule has 30 heavy (non-hydrogen) atoms. The number of benzene rings is 2. The Morgan fingerprint density at radius 3 is 1.60 bits per heavy atom. The molecule has 0 aliphatic carbocycles. The number of hydrogen-bond donors (Lipinski definition) is 0. The van der Waals surface area contributed by atoms with Crippen molar-refractivity contribution in [2.24, 2.45) is 0 Å². The molecule has 0 atom stereocenters. The quantitative estimate of drug-likeness (QED) is 0.693. The first-order chi connectivity index (χ1) is 14.3. The molecule has 2 saturated heterocycles. The van der Waals surface area contributed by atoms with E-state index >= 15 is 0 Å². The first kappa shape index (κ1) is 21.2. The molecule has 10 heteroatoms. The van der Waals surface area contributed by atoms with Crippen LogP contribution < -0.4 is 4.90 Å². The van der Waals surface area contributed by atoms with Crippen molar-refractivity contribution in [1.82, 2.24) is 8.61 Å². The van der Waals surface area contributed by atoms with Gasteiger partial charge in [0, 0.05) is 39.3 Å². The average molecular weight is 454 g/mol. The fraction of sp³-hybridized carbons (Fsp3) is 0.400. The monoisotopic (exact) mass is 453 g/mol. The van der Waals surface area contributed by atoms with Gasteiger partial charge in [-0.2, -0.15) is 8.61 Å². The molecule has 162 valence electrons. The van der Waals surface area contributed by atoms with Crippen molar-refractivity contribution < 1.29 is 21.2 Å². The van der Waals surface area contributed by atoms with Gasteiger partial charge >= 0.3 is 0 Å². The van der Waals surface area contributed by atoms with Crippen LogP contribution in [0.3, 0.4) is 0 Å². The number of anilines is 1. The summed E-state index contributed by atoms with van der Waals surface area (Å²) in [5.74, 6) is -0.330. The van der Waals surface area contributed by atoms with Crippen molar-refractivity contribution in [2.75, 3.05) is 44.2 Å². The number of halogens is 1. The minimum absolute atomic E-state index is 0.0576. The summed E-state index contributed by atoms with van der Waals surface area (Å²) in [6, 6.07) is 11.8. The Morgan fingerprint density at radius 2 is 1.10 bits per heavy atom. The summed E-state index contributed by atoms with van der Waals surface area (Å²) in [7, 11) is -7.34. The van der Waals surface area contributed by atoms with E-state index in [0.29, 0.717) is 31.9 Å². The maximum atomic E-state index is 14.0. The van der Waals surface area contributed by atoms with Gasteiger partial charge in [0.2, 0.25) is 20.0 Å². The van der Waals surface area contributed by atoms with Crippen LogP contribution in [-0.2, 0) is 20.0 Å². The second-order valence-corrected chi connectivity index (χ2v) is 11.3. The van der Waals surface area contributed by atoms with E-state index in [2.05, 4.69) is 0 Å². The number of nitrogens with zero attached hydrogens (tertiary/aromatic N) is 3. The highest BCUT2D eigenvalue weighted by Gasteiger charge is 2.31. The first-order valence-corrected chi connectivity index (χ1v) is 12.8. The Kier molecular flexibility index (Phi) is 5.84. The summed E-state index contributed by atoms with van der Waals surface area (Å²) >= 11 is 0. The van der Waals surface area contributed by atoms with Gasteiger partial charge in [0.05, 0.1) is 15.5 Å². The summed E-state index contributed by atoms with van der Waals surface area (Å²) in [5.41, 5.74) is 0.464. The van der Waals surface area contributed by atoms with Crippen molar-refractivity contribution in [2.45, 2.75) is 22.6 Å². The van der Waals surface area contributed by atoms with E-state index in [1.165, 1.54) is 38.9 Å². The zero-order chi connectivity index (χ0) is 21.4. The topological polar surface area (TPSA) is 78.0 Å². The second-order valence-electron chi connectivity index (χ2n) is 7.43. The van der Waals surface area contributed by atoms with Crippen LogP contribution >= 0.6 is 0 Å². The number of piperazine rings is 1. The SMILES string of the molecule is O=S(=O)(c1ccc(S(=O)(=O)N2CCN(c3ccccc3F)CC2)cc1)N1CCCC1. The third-order valence-corrected chi connectivity index (χ3v) is 9.42. The van der Waals surface area contributed by atoms with Crippen LogP contribution in [0.1, 0.15) is 12.8 Å². The largest absolute Gasteiger partial charge is 0.367 e. The van der Waals surface area contributed by atoms with Gasteiger partial charge in [0.25, 0.3) is 0 Å². The summed E-state index contributed by atoms with van der Waals surface area (Å²) in [6.45, 7) is 2.20. The zero-order valence-corrected chi connectivity index (χ0v) is 18.1. The Morgan fingerprint density at radius 1 is 0.633 bits per heavy atom. The van der Waals surface area contributed by atoms with Crippen molar-refractivity contribution in [3.05, 3.63) is 54.3 Å². The average Bonchev–Trinajstić information content (AvgIpc) is 3.30. The number of rotatable bonds is 5. The number of hydrogen-bond acceptors (Lipinski definition) is 5.